The Morgan fingerprint density at radius 1 is 1.11 bits per heavy atom. The predicted molar refractivity (Wildman–Crippen MR) is 103 cm³/mol. The molecular weight excluding hydrogens is 346 g/mol. The minimum atomic E-state index is -0.564. The first-order valence-electron chi connectivity index (χ1n) is 8.58. The molecule has 0 spiro atoms. The van der Waals surface area contributed by atoms with Gasteiger partial charge < -0.3 is 15.1 Å². The quantitative estimate of drug-likeness (QED) is 0.724. The average molecular weight is 367 g/mol. The molecule has 0 fully saturated rings. The average Bonchev–Trinajstić information content (AvgIpc) is 2.93. The standard InChI is InChI=1S/C20H21N3O4/c1-12-8-9-15(13(2)19(12)22-14(3)24)10-21-18(25)11-23-16-6-4-5-7-17(16)27-20(23)26/h4-9H,10-11H2,1-3H3,(H,21,25)(H,22,24). The molecule has 0 atom stereocenters. The Kier molecular flexibility index (Phi) is 5.12. The van der Waals surface area contributed by atoms with Crippen LogP contribution >= 0.6 is 0 Å². The number of hydrogen-bond donors (Lipinski definition) is 2. The van der Waals surface area contributed by atoms with Gasteiger partial charge in [0.15, 0.2) is 5.58 Å². The number of carbonyl (C=O) groups excluding carboxylic acids is 2. The summed E-state index contributed by atoms with van der Waals surface area (Å²) in [6.45, 7) is 5.44. The molecule has 0 bridgehead atoms. The summed E-state index contributed by atoms with van der Waals surface area (Å²) < 4.78 is 6.44. The molecule has 1 heterocycles. The number of anilines is 1. The molecule has 7 heteroatoms. The van der Waals surface area contributed by atoms with Gasteiger partial charge in [-0.15, -0.1) is 0 Å². The van der Waals surface area contributed by atoms with E-state index in [9.17, 15) is 14.4 Å². The van der Waals surface area contributed by atoms with Crippen molar-refractivity contribution in [1.29, 1.82) is 0 Å². The number of nitrogens with one attached hydrogen (secondary N) is 2. The zero-order valence-corrected chi connectivity index (χ0v) is 15.5. The van der Waals surface area contributed by atoms with Crippen LogP contribution in [0.5, 0.6) is 0 Å². The number of oxazole rings is 1. The van der Waals surface area contributed by atoms with E-state index in [0.29, 0.717) is 17.6 Å². The van der Waals surface area contributed by atoms with Crippen LogP contribution in [-0.2, 0) is 22.7 Å². The molecule has 7 nitrogen and oxygen atoms in total. The number of rotatable bonds is 5. The van der Waals surface area contributed by atoms with Crippen molar-refractivity contribution in [2.45, 2.75) is 33.9 Å². The number of hydrogen-bond acceptors (Lipinski definition) is 4. The van der Waals surface area contributed by atoms with Crippen molar-refractivity contribution in [1.82, 2.24) is 9.88 Å². The zero-order valence-electron chi connectivity index (χ0n) is 15.5. The third-order valence-electron chi connectivity index (χ3n) is 4.44. The molecular formula is C20H21N3O4. The van der Waals surface area contributed by atoms with Crippen LogP contribution in [0.3, 0.4) is 0 Å². The maximum atomic E-state index is 12.3. The SMILES string of the molecule is CC(=O)Nc1c(C)ccc(CNC(=O)Cn2c(=O)oc3ccccc32)c1C. The topological polar surface area (TPSA) is 93.3 Å². The van der Waals surface area contributed by atoms with Crippen molar-refractivity contribution in [3.63, 3.8) is 0 Å². The van der Waals surface area contributed by atoms with Crippen LogP contribution in [-0.4, -0.2) is 16.4 Å². The predicted octanol–water partition coefficient (Wildman–Crippen LogP) is 2.49. The third kappa shape index (κ3) is 3.92. The fourth-order valence-electron chi connectivity index (χ4n) is 3.01. The lowest BCUT2D eigenvalue weighted by atomic mass is 10.0. The van der Waals surface area contributed by atoms with E-state index in [2.05, 4.69) is 10.6 Å². The molecule has 2 amide bonds. The number of fused-ring (bicyclic) bond motifs is 1. The highest BCUT2D eigenvalue weighted by Crippen LogP contribution is 2.23. The molecule has 140 valence electrons. The van der Waals surface area contributed by atoms with Gasteiger partial charge in [0.25, 0.3) is 0 Å². The molecule has 0 aliphatic carbocycles. The Morgan fingerprint density at radius 3 is 2.59 bits per heavy atom. The normalized spacial score (nSPS) is 10.8. The first-order valence-corrected chi connectivity index (χ1v) is 8.58. The van der Waals surface area contributed by atoms with Crippen LogP contribution in [0.15, 0.2) is 45.6 Å². The largest absolute Gasteiger partial charge is 0.420 e. The Hall–Kier alpha value is -3.35. The van der Waals surface area contributed by atoms with E-state index in [0.717, 1.165) is 22.4 Å². The van der Waals surface area contributed by atoms with E-state index in [1.54, 1.807) is 24.3 Å². The van der Waals surface area contributed by atoms with Crippen LogP contribution in [0.25, 0.3) is 11.1 Å². The lowest BCUT2D eigenvalue weighted by Gasteiger charge is -2.15. The van der Waals surface area contributed by atoms with Crippen LogP contribution in [0.4, 0.5) is 5.69 Å². The number of aryl methyl sites for hydroxylation is 1. The van der Waals surface area contributed by atoms with E-state index in [-0.39, 0.29) is 18.4 Å². The smallest absolute Gasteiger partial charge is 0.408 e. The second-order valence-corrected chi connectivity index (χ2v) is 6.42. The molecule has 0 aliphatic rings. The van der Waals surface area contributed by atoms with Crippen molar-refractivity contribution in [3.8, 4) is 0 Å². The van der Waals surface area contributed by atoms with Crippen molar-refractivity contribution >= 4 is 28.6 Å². The molecule has 3 aromatic rings. The van der Waals surface area contributed by atoms with Gasteiger partial charge in [-0.05, 0) is 42.7 Å². The molecule has 2 aromatic carbocycles. The van der Waals surface area contributed by atoms with Gasteiger partial charge in [-0.2, -0.15) is 0 Å². The summed E-state index contributed by atoms with van der Waals surface area (Å²) in [7, 11) is 0. The number of nitrogens with zero attached hydrogens (tertiary/aromatic N) is 1. The number of carbonyl (C=O) groups is 2. The van der Waals surface area contributed by atoms with E-state index in [1.165, 1.54) is 11.5 Å². The van der Waals surface area contributed by atoms with Crippen molar-refractivity contribution in [2.75, 3.05) is 5.32 Å². The van der Waals surface area contributed by atoms with Gasteiger partial charge in [0.05, 0.1) is 5.52 Å². The summed E-state index contributed by atoms with van der Waals surface area (Å²) in [6, 6.07) is 10.8. The first kappa shape index (κ1) is 18.4. The molecule has 0 unspecified atom stereocenters. The minimum Gasteiger partial charge on any atom is -0.408 e. The Bertz CT molecular complexity index is 1080. The van der Waals surface area contributed by atoms with Gasteiger partial charge in [-0.1, -0.05) is 24.3 Å². The van der Waals surface area contributed by atoms with E-state index < -0.39 is 5.76 Å². The second-order valence-electron chi connectivity index (χ2n) is 6.42. The van der Waals surface area contributed by atoms with Gasteiger partial charge in [0, 0.05) is 19.2 Å². The fourth-order valence-corrected chi connectivity index (χ4v) is 3.01. The van der Waals surface area contributed by atoms with Gasteiger partial charge >= 0.3 is 5.76 Å². The first-order chi connectivity index (χ1) is 12.9. The monoisotopic (exact) mass is 367 g/mol. The molecule has 27 heavy (non-hydrogen) atoms. The third-order valence-corrected chi connectivity index (χ3v) is 4.44. The lowest BCUT2D eigenvalue weighted by Crippen LogP contribution is -2.30. The second kappa shape index (κ2) is 7.49. The maximum absolute atomic E-state index is 12.3. The number of amides is 2. The highest BCUT2D eigenvalue weighted by molar-refractivity contribution is 5.90. The zero-order chi connectivity index (χ0) is 19.6. The van der Waals surface area contributed by atoms with E-state index >= 15 is 0 Å². The van der Waals surface area contributed by atoms with E-state index in [4.69, 9.17) is 4.42 Å². The van der Waals surface area contributed by atoms with Crippen LogP contribution in [0.2, 0.25) is 0 Å². The van der Waals surface area contributed by atoms with Gasteiger partial charge in [-0.3, -0.25) is 14.2 Å². The number of para-hydroxylation sites is 2. The number of benzene rings is 2. The van der Waals surface area contributed by atoms with Gasteiger partial charge in [-0.25, -0.2) is 4.79 Å². The molecule has 0 saturated heterocycles. The fraction of sp³-hybridized carbons (Fsp3) is 0.250. The summed E-state index contributed by atoms with van der Waals surface area (Å²) in [6.07, 6.45) is 0. The molecule has 1 aromatic heterocycles. The minimum absolute atomic E-state index is 0.126. The van der Waals surface area contributed by atoms with Crippen molar-refractivity contribution in [3.05, 3.63) is 63.6 Å². The summed E-state index contributed by atoms with van der Waals surface area (Å²) in [5.74, 6) is -1.01. The van der Waals surface area contributed by atoms with Crippen LogP contribution < -0.4 is 16.4 Å². The molecule has 0 aliphatic heterocycles. The highest BCUT2D eigenvalue weighted by atomic mass is 16.4. The van der Waals surface area contributed by atoms with Crippen LogP contribution in [0.1, 0.15) is 23.6 Å². The highest BCUT2D eigenvalue weighted by Gasteiger charge is 2.13. The molecule has 0 saturated carbocycles. The Balaban J connectivity index is 1.73. The molecule has 0 radical (unpaired) electrons. The summed E-state index contributed by atoms with van der Waals surface area (Å²) in [4.78, 5) is 35.7. The van der Waals surface area contributed by atoms with Crippen LogP contribution in [0, 0.1) is 13.8 Å². The van der Waals surface area contributed by atoms with Crippen molar-refractivity contribution in [2.24, 2.45) is 0 Å². The Labute approximate surface area is 156 Å². The molecule has 2 N–H and O–H groups in total. The summed E-state index contributed by atoms with van der Waals surface area (Å²) in [5, 5.41) is 5.64. The maximum Gasteiger partial charge on any atom is 0.420 e. The summed E-state index contributed by atoms with van der Waals surface area (Å²) >= 11 is 0. The molecule has 3 rings (SSSR count). The van der Waals surface area contributed by atoms with E-state index in [1.807, 2.05) is 26.0 Å². The van der Waals surface area contributed by atoms with Crippen molar-refractivity contribution < 1.29 is 14.0 Å². The Morgan fingerprint density at radius 2 is 1.85 bits per heavy atom. The van der Waals surface area contributed by atoms with Gasteiger partial charge in [0.1, 0.15) is 6.54 Å². The van der Waals surface area contributed by atoms with Gasteiger partial charge in [0.2, 0.25) is 11.8 Å². The summed E-state index contributed by atoms with van der Waals surface area (Å²) in [5.41, 5.74) is 4.53. The number of aromatic nitrogens is 1. The lowest BCUT2D eigenvalue weighted by molar-refractivity contribution is -0.121.